The van der Waals surface area contributed by atoms with Crippen LogP contribution in [0, 0.1) is 11.6 Å². The molecule has 1 amide bonds. The summed E-state index contributed by atoms with van der Waals surface area (Å²) in [4.78, 5) is 18.0. The second kappa shape index (κ2) is 10.3. The van der Waals surface area contributed by atoms with Crippen molar-refractivity contribution in [2.75, 3.05) is 20.2 Å². The Labute approximate surface area is 195 Å². The van der Waals surface area contributed by atoms with Crippen LogP contribution in [0.25, 0.3) is 22.8 Å². The molecule has 4 rings (SSSR count). The monoisotopic (exact) mass is 463 g/mol. The van der Waals surface area contributed by atoms with E-state index in [-0.39, 0.29) is 17.3 Å². The summed E-state index contributed by atoms with van der Waals surface area (Å²) in [5, 5.41) is 0. The van der Waals surface area contributed by atoms with Crippen LogP contribution in [0.5, 0.6) is 5.75 Å². The summed E-state index contributed by atoms with van der Waals surface area (Å²) in [6.45, 7) is 2.02. The van der Waals surface area contributed by atoms with Gasteiger partial charge in [-0.05, 0) is 49.0 Å². The van der Waals surface area contributed by atoms with Gasteiger partial charge in [-0.3, -0.25) is 9.69 Å². The van der Waals surface area contributed by atoms with E-state index in [1.165, 1.54) is 11.6 Å². The number of likely N-dealkylation sites (N-methyl/N-ethyl adjacent to an activating group) is 1. The second-order valence-corrected chi connectivity index (χ2v) is 7.75. The zero-order chi connectivity index (χ0) is 24.1. The highest BCUT2D eigenvalue weighted by atomic mass is 19.1. The molecular weight excluding hydrogens is 440 g/mol. The van der Waals surface area contributed by atoms with Crippen LogP contribution in [0.15, 0.2) is 77.2 Å². The summed E-state index contributed by atoms with van der Waals surface area (Å²) in [6, 6.07) is 20.3. The standard InChI is InChI=1S/C26H23F2N3O3/c1-31(16-17-6-3-2-4-7-17)14-15-33-19-12-10-18(11-13-19)24-23(25(29)32)30-26(34-24)22-20(27)8-5-9-21(22)28/h2-13H,14-16H2,1H3,(H2,29,32). The molecule has 0 aliphatic carbocycles. The fourth-order valence-corrected chi connectivity index (χ4v) is 3.49. The van der Waals surface area contributed by atoms with Crippen molar-refractivity contribution in [1.29, 1.82) is 0 Å². The van der Waals surface area contributed by atoms with Gasteiger partial charge in [0.05, 0.1) is 0 Å². The first-order chi connectivity index (χ1) is 16.4. The number of nitrogens with zero attached hydrogens (tertiary/aromatic N) is 2. The predicted octanol–water partition coefficient (Wildman–Crippen LogP) is 4.90. The molecule has 0 spiro atoms. The maximum absolute atomic E-state index is 14.2. The average Bonchev–Trinajstić information content (AvgIpc) is 3.25. The molecule has 34 heavy (non-hydrogen) atoms. The lowest BCUT2D eigenvalue weighted by atomic mass is 10.1. The van der Waals surface area contributed by atoms with Crippen molar-refractivity contribution in [2.24, 2.45) is 5.73 Å². The van der Waals surface area contributed by atoms with Gasteiger partial charge in [-0.15, -0.1) is 0 Å². The maximum atomic E-state index is 14.2. The number of hydrogen-bond acceptors (Lipinski definition) is 5. The number of halogens is 2. The molecular formula is C26H23F2N3O3. The van der Waals surface area contributed by atoms with E-state index in [4.69, 9.17) is 14.9 Å². The topological polar surface area (TPSA) is 81.6 Å². The number of ether oxygens (including phenoxy) is 1. The number of benzene rings is 3. The van der Waals surface area contributed by atoms with E-state index in [0.717, 1.165) is 25.2 Å². The van der Waals surface area contributed by atoms with Crippen LogP contribution in [0.4, 0.5) is 8.78 Å². The van der Waals surface area contributed by atoms with Crippen LogP contribution in [0.2, 0.25) is 0 Å². The fourth-order valence-electron chi connectivity index (χ4n) is 3.49. The quantitative estimate of drug-likeness (QED) is 0.382. The predicted molar refractivity (Wildman–Crippen MR) is 124 cm³/mol. The molecule has 0 aliphatic rings. The average molecular weight is 463 g/mol. The van der Waals surface area contributed by atoms with E-state index in [1.54, 1.807) is 24.3 Å². The van der Waals surface area contributed by atoms with Crippen LogP contribution in [0.3, 0.4) is 0 Å². The largest absolute Gasteiger partial charge is 0.492 e. The summed E-state index contributed by atoms with van der Waals surface area (Å²) in [6.07, 6.45) is 0. The minimum absolute atomic E-state index is 0.0271. The van der Waals surface area contributed by atoms with Gasteiger partial charge < -0.3 is 14.9 Å². The number of hydrogen-bond donors (Lipinski definition) is 1. The minimum atomic E-state index is -0.872. The Morgan fingerprint density at radius 2 is 1.68 bits per heavy atom. The van der Waals surface area contributed by atoms with Crippen molar-refractivity contribution in [3.63, 3.8) is 0 Å². The van der Waals surface area contributed by atoms with E-state index in [1.807, 2.05) is 25.2 Å². The number of carbonyl (C=O) groups excluding carboxylic acids is 1. The first-order valence-electron chi connectivity index (χ1n) is 10.6. The molecule has 0 radical (unpaired) electrons. The summed E-state index contributed by atoms with van der Waals surface area (Å²) in [5.41, 5.74) is 6.44. The van der Waals surface area contributed by atoms with Crippen LogP contribution in [-0.4, -0.2) is 36.0 Å². The normalized spacial score (nSPS) is 11.1. The molecule has 0 atom stereocenters. The van der Waals surface area contributed by atoms with Gasteiger partial charge in [-0.25, -0.2) is 13.8 Å². The highest BCUT2D eigenvalue weighted by Gasteiger charge is 2.24. The zero-order valence-electron chi connectivity index (χ0n) is 18.5. The zero-order valence-corrected chi connectivity index (χ0v) is 18.5. The Kier molecular flexibility index (Phi) is 6.98. The third kappa shape index (κ3) is 5.29. The molecule has 0 saturated carbocycles. The van der Waals surface area contributed by atoms with Gasteiger partial charge in [-0.2, -0.15) is 0 Å². The summed E-state index contributed by atoms with van der Waals surface area (Å²) in [5.74, 6) is -2.30. The van der Waals surface area contributed by atoms with Crippen molar-refractivity contribution in [3.8, 4) is 28.5 Å². The third-order valence-electron chi connectivity index (χ3n) is 5.19. The third-order valence-corrected chi connectivity index (χ3v) is 5.19. The SMILES string of the molecule is CN(CCOc1ccc(-c2oc(-c3c(F)cccc3F)nc2C(N)=O)cc1)Cc1ccccc1. The molecule has 0 aliphatic heterocycles. The molecule has 6 nitrogen and oxygen atoms in total. The van der Waals surface area contributed by atoms with Gasteiger partial charge in [0.1, 0.15) is 29.6 Å². The van der Waals surface area contributed by atoms with E-state index in [2.05, 4.69) is 22.0 Å². The van der Waals surface area contributed by atoms with Crippen LogP contribution >= 0.6 is 0 Å². The van der Waals surface area contributed by atoms with Crippen LogP contribution in [0.1, 0.15) is 16.1 Å². The first-order valence-corrected chi connectivity index (χ1v) is 10.6. The van der Waals surface area contributed by atoms with E-state index in [9.17, 15) is 13.6 Å². The van der Waals surface area contributed by atoms with Gasteiger partial charge in [0.25, 0.3) is 5.91 Å². The number of primary amides is 1. The van der Waals surface area contributed by atoms with Gasteiger partial charge >= 0.3 is 0 Å². The maximum Gasteiger partial charge on any atom is 0.271 e. The van der Waals surface area contributed by atoms with Gasteiger partial charge in [0.2, 0.25) is 5.89 Å². The molecule has 0 unspecified atom stereocenters. The lowest BCUT2D eigenvalue weighted by Gasteiger charge is -2.17. The smallest absolute Gasteiger partial charge is 0.271 e. The van der Waals surface area contributed by atoms with E-state index in [0.29, 0.717) is 17.9 Å². The highest BCUT2D eigenvalue weighted by molar-refractivity contribution is 5.97. The number of rotatable bonds is 9. The summed E-state index contributed by atoms with van der Waals surface area (Å²) >= 11 is 0. The Morgan fingerprint density at radius 1 is 1.00 bits per heavy atom. The number of amides is 1. The Hall–Kier alpha value is -4.04. The van der Waals surface area contributed by atoms with Crippen molar-refractivity contribution < 1.29 is 22.7 Å². The molecule has 1 aromatic heterocycles. The lowest BCUT2D eigenvalue weighted by Crippen LogP contribution is -2.23. The van der Waals surface area contributed by atoms with Crippen molar-refractivity contribution in [2.45, 2.75) is 6.54 Å². The lowest BCUT2D eigenvalue weighted by molar-refractivity contribution is 0.0996. The minimum Gasteiger partial charge on any atom is -0.492 e. The van der Waals surface area contributed by atoms with Crippen molar-refractivity contribution in [1.82, 2.24) is 9.88 Å². The van der Waals surface area contributed by atoms with Gasteiger partial charge in [-0.1, -0.05) is 36.4 Å². The molecule has 0 saturated heterocycles. The number of oxazole rings is 1. The Balaban J connectivity index is 1.45. The first kappa shape index (κ1) is 23.1. The Morgan fingerprint density at radius 3 is 2.32 bits per heavy atom. The summed E-state index contributed by atoms with van der Waals surface area (Å²) in [7, 11) is 2.02. The molecule has 2 N–H and O–H groups in total. The fraction of sp³-hybridized carbons (Fsp3) is 0.154. The number of nitrogens with two attached hydrogens (primary N) is 1. The summed E-state index contributed by atoms with van der Waals surface area (Å²) < 4.78 is 39.7. The highest BCUT2D eigenvalue weighted by Crippen LogP contribution is 2.33. The molecule has 174 valence electrons. The molecule has 8 heteroatoms. The molecule has 0 fully saturated rings. The van der Waals surface area contributed by atoms with E-state index < -0.39 is 23.1 Å². The van der Waals surface area contributed by atoms with Gasteiger partial charge in [0, 0.05) is 18.7 Å². The van der Waals surface area contributed by atoms with Crippen LogP contribution in [-0.2, 0) is 6.54 Å². The van der Waals surface area contributed by atoms with E-state index >= 15 is 0 Å². The van der Waals surface area contributed by atoms with Crippen LogP contribution < -0.4 is 10.5 Å². The molecule has 4 aromatic rings. The van der Waals surface area contributed by atoms with Gasteiger partial charge in [0.15, 0.2) is 11.5 Å². The van der Waals surface area contributed by atoms with Crippen molar-refractivity contribution in [3.05, 3.63) is 95.7 Å². The molecule has 1 heterocycles. The number of carbonyl (C=O) groups is 1. The Bertz CT molecular complexity index is 1250. The second-order valence-electron chi connectivity index (χ2n) is 7.75. The molecule has 0 bridgehead atoms. The molecule has 3 aromatic carbocycles. The number of aromatic nitrogens is 1. The van der Waals surface area contributed by atoms with Crippen molar-refractivity contribution >= 4 is 5.91 Å².